The van der Waals surface area contributed by atoms with E-state index in [0.29, 0.717) is 6.04 Å². The van der Waals surface area contributed by atoms with Crippen molar-refractivity contribution < 1.29 is 0 Å². The molecule has 0 atom stereocenters. The van der Waals surface area contributed by atoms with Crippen molar-refractivity contribution in [3.8, 4) is 0 Å². The second kappa shape index (κ2) is 6.59. The van der Waals surface area contributed by atoms with Gasteiger partial charge < -0.3 is 15.1 Å². The molecule has 2 aliphatic rings. The number of nitrogens with one attached hydrogen (secondary N) is 1. The summed E-state index contributed by atoms with van der Waals surface area (Å²) in [5.74, 6) is 0. The van der Waals surface area contributed by atoms with Gasteiger partial charge in [0.05, 0.1) is 0 Å². The highest BCUT2D eigenvalue weighted by Crippen LogP contribution is 2.24. The fourth-order valence-electron chi connectivity index (χ4n) is 3.12. The van der Waals surface area contributed by atoms with E-state index >= 15 is 0 Å². The molecule has 3 heteroatoms. The monoisotopic (exact) mass is 273 g/mol. The minimum absolute atomic E-state index is 0.711. The fraction of sp³-hybridized carbons (Fsp3) is 0.647. The van der Waals surface area contributed by atoms with Crippen LogP contribution in [0.3, 0.4) is 0 Å². The zero-order valence-corrected chi connectivity index (χ0v) is 12.6. The molecule has 2 fully saturated rings. The SMILES string of the molecule is CN(CCNC1CCN(c2ccccc2)CC1)C1CC1. The van der Waals surface area contributed by atoms with Gasteiger partial charge in [-0.2, -0.15) is 0 Å². The number of anilines is 1. The second-order valence-electron chi connectivity index (χ2n) is 6.26. The summed E-state index contributed by atoms with van der Waals surface area (Å²) < 4.78 is 0. The summed E-state index contributed by atoms with van der Waals surface area (Å²) in [7, 11) is 2.26. The first-order valence-electron chi connectivity index (χ1n) is 8.06. The van der Waals surface area contributed by atoms with Crippen LogP contribution < -0.4 is 10.2 Å². The summed E-state index contributed by atoms with van der Waals surface area (Å²) in [6.45, 7) is 4.70. The molecule has 3 rings (SSSR count). The van der Waals surface area contributed by atoms with Crippen molar-refractivity contribution in [2.45, 2.75) is 37.8 Å². The Hall–Kier alpha value is -1.06. The Bertz CT molecular complexity index is 394. The van der Waals surface area contributed by atoms with Crippen molar-refractivity contribution >= 4 is 5.69 Å². The lowest BCUT2D eigenvalue weighted by Crippen LogP contribution is -2.44. The molecule has 1 aliphatic heterocycles. The number of piperidine rings is 1. The van der Waals surface area contributed by atoms with Crippen LogP contribution >= 0.6 is 0 Å². The summed E-state index contributed by atoms with van der Waals surface area (Å²) in [4.78, 5) is 5.01. The van der Waals surface area contributed by atoms with E-state index in [0.717, 1.165) is 12.6 Å². The van der Waals surface area contributed by atoms with Crippen LogP contribution in [0.25, 0.3) is 0 Å². The van der Waals surface area contributed by atoms with Crippen LogP contribution in [0.1, 0.15) is 25.7 Å². The minimum Gasteiger partial charge on any atom is -0.371 e. The summed E-state index contributed by atoms with van der Waals surface area (Å²) in [6, 6.07) is 12.4. The van der Waals surface area contributed by atoms with E-state index in [1.165, 1.54) is 51.0 Å². The summed E-state index contributed by atoms with van der Waals surface area (Å²) >= 11 is 0. The molecule has 1 N–H and O–H groups in total. The van der Waals surface area contributed by atoms with Crippen LogP contribution in [0.2, 0.25) is 0 Å². The molecule has 0 aromatic heterocycles. The Morgan fingerprint density at radius 2 is 1.80 bits per heavy atom. The number of nitrogens with zero attached hydrogens (tertiary/aromatic N) is 2. The van der Waals surface area contributed by atoms with Crippen molar-refractivity contribution in [2.75, 3.05) is 38.1 Å². The first kappa shape index (κ1) is 13.9. The van der Waals surface area contributed by atoms with Crippen LogP contribution in [0.15, 0.2) is 30.3 Å². The van der Waals surface area contributed by atoms with Gasteiger partial charge in [-0.25, -0.2) is 0 Å². The highest BCUT2D eigenvalue weighted by atomic mass is 15.2. The van der Waals surface area contributed by atoms with E-state index < -0.39 is 0 Å². The molecule has 1 aliphatic carbocycles. The van der Waals surface area contributed by atoms with Gasteiger partial charge in [-0.1, -0.05) is 18.2 Å². The summed E-state index contributed by atoms with van der Waals surface area (Å²) in [6.07, 6.45) is 5.35. The molecule has 0 radical (unpaired) electrons. The van der Waals surface area contributed by atoms with E-state index in [-0.39, 0.29) is 0 Å². The topological polar surface area (TPSA) is 18.5 Å². The molecule has 1 aromatic carbocycles. The lowest BCUT2D eigenvalue weighted by Gasteiger charge is -2.34. The molecule has 0 unspecified atom stereocenters. The van der Waals surface area contributed by atoms with Gasteiger partial charge in [0.25, 0.3) is 0 Å². The second-order valence-corrected chi connectivity index (χ2v) is 6.26. The molecular weight excluding hydrogens is 246 g/mol. The Balaban J connectivity index is 1.36. The molecule has 0 amide bonds. The van der Waals surface area contributed by atoms with E-state index in [2.05, 4.69) is 52.5 Å². The fourth-order valence-corrected chi connectivity index (χ4v) is 3.12. The molecule has 0 spiro atoms. The lowest BCUT2D eigenvalue weighted by atomic mass is 10.0. The number of benzene rings is 1. The average Bonchev–Trinajstić information content (AvgIpc) is 3.33. The predicted octanol–water partition coefficient (Wildman–Crippen LogP) is 2.34. The number of hydrogen-bond donors (Lipinski definition) is 1. The third kappa shape index (κ3) is 3.74. The number of hydrogen-bond acceptors (Lipinski definition) is 3. The molecule has 1 saturated carbocycles. The zero-order valence-electron chi connectivity index (χ0n) is 12.6. The zero-order chi connectivity index (χ0) is 13.8. The molecule has 1 saturated heterocycles. The smallest absolute Gasteiger partial charge is 0.0366 e. The van der Waals surface area contributed by atoms with Gasteiger partial charge in [0.1, 0.15) is 0 Å². The minimum atomic E-state index is 0.711. The molecule has 0 bridgehead atoms. The van der Waals surface area contributed by atoms with Crippen molar-refractivity contribution in [1.82, 2.24) is 10.2 Å². The molecule has 1 heterocycles. The molecule has 110 valence electrons. The van der Waals surface area contributed by atoms with Crippen LogP contribution in [0, 0.1) is 0 Å². The van der Waals surface area contributed by atoms with Crippen LogP contribution in [0.5, 0.6) is 0 Å². The molecule has 1 aromatic rings. The number of likely N-dealkylation sites (N-methyl/N-ethyl adjacent to an activating group) is 1. The van der Waals surface area contributed by atoms with E-state index in [1.54, 1.807) is 0 Å². The number of para-hydroxylation sites is 1. The maximum absolute atomic E-state index is 3.74. The highest BCUT2D eigenvalue weighted by molar-refractivity contribution is 5.46. The van der Waals surface area contributed by atoms with Gasteiger partial charge in [-0.05, 0) is 44.9 Å². The van der Waals surface area contributed by atoms with Crippen LogP contribution in [-0.4, -0.2) is 50.2 Å². The Kier molecular flexibility index (Phi) is 4.58. The Morgan fingerprint density at radius 3 is 2.45 bits per heavy atom. The van der Waals surface area contributed by atoms with Gasteiger partial charge in [0.2, 0.25) is 0 Å². The highest BCUT2D eigenvalue weighted by Gasteiger charge is 2.25. The maximum Gasteiger partial charge on any atom is 0.0366 e. The standard InChI is InChI=1S/C17H27N3/c1-19(16-7-8-16)14-11-18-15-9-12-20(13-10-15)17-5-3-2-4-6-17/h2-6,15-16,18H,7-14H2,1H3. The van der Waals surface area contributed by atoms with Crippen molar-refractivity contribution in [3.63, 3.8) is 0 Å². The van der Waals surface area contributed by atoms with Crippen molar-refractivity contribution in [1.29, 1.82) is 0 Å². The third-order valence-corrected chi connectivity index (χ3v) is 4.68. The van der Waals surface area contributed by atoms with Gasteiger partial charge in [-0.15, -0.1) is 0 Å². The first-order chi connectivity index (χ1) is 9.83. The van der Waals surface area contributed by atoms with Crippen LogP contribution in [0.4, 0.5) is 5.69 Å². The average molecular weight is 273 g/mol. The Labute approximate surface area is 123 Å². The normalized spacial score (nSPS) is 20.6. The van der Waals surface area contributed by atoms with E-state index in [1.807, 2.05) is 0 Å². The van der Waals surface area contributed by atoms with E-state index in [4.69, 9.17) is 0 Å². The van der Waals surface area contributed by atoms with Gasteiger partial charge in [0, 0.05) is 44.0 Å². The Morgan fingerprint density at radius 1 is 1.10 bits per heavy atom. The molecular formula is C17H27N3. The lowest BCUT2D eigenvalue weighted by molar-refractivity contribution is 0.306. The summed E-state index contributed by atoms with van der Waals surface area (Å²) in [5.41, 5.74) is 1.37. The predicted molar refractivity (Wildman–Crippen MR) is 85.3 cm³/mol. The molecule has 3 nitrogen and oxygen atoms in total. The van der Waals surface area contributed by atoms with Crippen LogP contribution in [-0.2, 0) is 0 Å². The molecule has 20 heavy (non-hydrogen) atoms. The van der Waals surface area contributed by atoms with Gasteiger partial charge >= 0.3 is 0 Å². The third-order valence-electron chi connectivity index (χ3n) is 4.68. The number of rotatable bonds is 6. The van der Waals surface area contributed by atoms with Crippen molar-refractivity contribution in [2.24, 2.45) is 0 Å². The maximum atomic E-state index is 3.74. The first-order valence-corrected chi connectivity index (χ1v) is 8.06. The van der Waals surface area contributed by atoms with Crippen molar-refractivity contribution in [3.05, 3.63) is 30.3 Å². The largest absolute Gasteiger partial charge is 0.371 e. The van der Waals surface area contributed by atoms with E-state index in [9.17, 15) is 0 Å². The summed E-state index contributed by atoms with van der Waals surface area (Å²) in [5, 5.41) is 3.74. The van der Waals surface area contributed by atoms with Gasteiger partial charge in [-0.3, -0.25) is 0 Å². The van der Waals surface area contributed by atoms with Gasteiger partial charge in [0.15, 0.2) is 0 Å². The quantitative estimate of drug-likeness (QED) is 0.858.